The van der Waals surface area contributed by atoms with E-state index in [1.807, 2.05) is 0 Å². The number of benzene rings is 1. The van der Waals surface area contributed by atoms with E-state index >= 15 is 0 Å². The maximum absolute atomic E-state index is 14.6. The number of aliphatic hydroxyl groups is 1. The first-order chi connectivity index (χ1) is 62.7. The maximum atomic E-state index is 14.6. The molecule has 1 aromatic carbocycles. The van der Waals surface area contributed by atoms with Crippen LogP contribution in [-0.2, 0) is 117 Å². The van der Waals surface area contributed by atoms with Crippen molar-refractivity contribution in [3.05, 3.63) is 35.9 Å². The predicted octanol–water partition coefficient (Wildman–Crippen LogP) is -4.83. The van der Waals surface area contributed by atoms with E-state index in [2.05, 4.69) is 101 Å². The van der Waals surface area contributed by atoms with Gasteiger partial charge in [-0.3, -0.25) is 110 Å². The molecule has 0 aromatic heterocycles. The van der Waals surface area contributed by atoms with E-state index in [1.54, 1.807) is 71.9 Å². The molecule has 25 N–H and O–H groups in total. The number of amides is 22. The number of carboxylic acid groups (broad SMARTS) is 1. The minimum absolute atomic E-state index is 0.00279. The Hall–Kier alpha value is -13.0. The highest BCUT2D eigenvalue weighted by molar-refractivity contribution is 6.04. The van der Waals surface area contributed by atoms with Crippen molar-refractivity contribution < 1.29 is 120 Å². The predicted molar refractivity (Wildman–Crippen MR) is 498 cm³/mol. The Labute approximate surface area is 798 Å². The van der Waals surface area contributed by atoms with Crippen molar-refractivity contribution in [1.82, 2.24) is 106 Å². The molecule has 137 heavy (non-hydrogen) atoms. The van der Waals surface area contributed by atoms with Crippen molar-refractivity contribution in [3.8, 4) is 0 Å². The molecule has 0 unspecified atom stereocenters. The molecule has 47 nitrogen and oxygen atoms in total. The smallest absolute Gasteiger partial charge is 0.303 e. The number of carboxylic acids is 1. The summed E-state index contributed by atoms with van der Waals surface area (Å²) in [5, 5.41) is 67.5. The zero-order chi connectivity index (χ0) is 106. The van der Waals surface area contributed by atoms with E-state index < -0.39 is 304 Å². The van der Waals surface area contributed by atoms with Crippen LogP contribution in [0.25, 0.3) is 0 Å². The SMILES string of the molecule is CC(=O)NC(C)(C)C(=O)N[C@@H](C)C(=O)NC(C)(C)C(=O)N[C@@H](C)C(=O)NC(C)(C)C(=O)N[C@@H](C)C(=O)N[C@@H](CCC(N)=O)C(=O)NC(C)(C)C(=O)N[C@H](C(=O)NC(C)(C)C(=O)NCC(=O)N[C@@H](CC(C)C)C(=O)NC(C)(C)C(=O)N1CCC[C@H]1C(=O)N[C@H](C(=O)NC(C)(C)C(=O)NC(C)(C)C(=O)N[C@@H](CCC(=O)O)C(=O)N[C@@H](CCC(N)=O)C(=O)N[C@H](CO)Cc1ccccc1)C(C)C)C(C)C. The summed E-state index contributed by atoms with van der Waals surface area (Å²) in [5.74, 6) is -22.1. The maximum Gasteiger partial charge on any atom is 0.303 e. The number of carbonyl (C=O) groups is 23. The Kier molecular flexibility index (Phi) is 44.9. The fourth-order valence-electron chi connectivity index (χ4n) is 13.6. The summed E-state index contributed by atoms with van der Waals surface area (Å²) in [5.41, 5.74) is -2.60. The summed E-state index contributed by atoms with van der Waals surface area (Å²) in [6.07, 6.45) is -2.21. The summed E-state index contributed by atoms with van der Waals surface area (Å²) >= 11 is 0. The van der Waals surface area contributed by atoms with Crippen molar-refractivity contribution in [2.45, 2.75) is 355 Å². The lowest BCUT2D eigenvalue weighted by Crippen LogP contribution is -2.66. The molecular weight excluding hydrogens is 1790 g/mol. The largest absolute Gasteiger partial charge is 0.481 e. The van der Waals surface area contributed by atoms with Crippen LogP contribution in [0.1, 0.15) is 243 Å². The van der Waals surface area contributed by atoms with Gasteiger partial charge < -0.3 is 128 Å². The fraction of sp³-hybridized carbons (Fsp3) is 0.678. The molecule has 2 rings (SSSR count). The van der Waals surface area contributed by atoms with Crippen LogP contribution in [0.3, 0.4) is 0 Å². The van der Waals surface area contributed by atoms with Gasteiger partial charge in [-0.05, 0) is 200 Å². The number of aliphatic hydroxyl groups excluding tert-OH is 1. The van der Waals surface area contributed by atoms with Crippen LogP contribution in [0.4, 0.5) is 0 Å². The molecule has 1 heterocycles. The van der Waals surface area contributed by atoms with Gasteiger partial charge in [-0.15, -0.1) is 0 Å². The zero-order valence-electron chi connectivity index (χ0n) is 83.5. The normalized spacial score (nSPS) is 15.3. The minimum Gasteiger partial charge on any atom is -0.481 e. The Morgan fingerprint density at radius 3 is 1.20 bits per heavy atom. The van der Waals surface area contributed by atoms with Crippen LogP contribution in [0.2, 0.25) is 0 Å². The molecule has 1 aromatic rings. The van der Waals surface area contributed by atoms with Crippen molar-refractivity contribution in [2.24, 2.45) is 29.2 Å². The lowest BCUT2D eigenvalue weighted by atomic mass is 9.96. The van der Waals surface area contributed by atoms with Gasteiger partial charge in [-0.2, -0.15) is 0 Å². The molecule has 0 spiro atoms. The van der Waals surface area contributed by atoms with E-state index in [-0.39, 0.29) is 38.1 Å². The highest BCUT2D eigenvalue weighted by Crippen LogP contribution is 2.25. The van der Waals surface area contributed by atoms with Gasteiger partial charge in [0.25, 0.3) is 0 Å². The summed E-state index contributed by atoms with van der Waals surface area (Å²) in [6.45, 7) is 34.6. The Morgan fingerprint density at radius 2 is 0.752 bits per heavy atom. The van der Waals surface area contributed by atoms with Crippen molar-refractivity contribution in [2.75, 3.05) is 19.7 Å². The van der Waals surface area contributed by atoms with Gasteiger partial charge >= 0.3 is 5.97 Å². The third-order valence-corrected chi connectivity index (χ3v) is 22.1. The molecule has 1 aliphatic rings. The highest BCUT2D eigenvalue weighted by atomic mass is 16.4. The molecule has 0 radical (unpaired) electrons. The summed E-state index contributed by atoms with van der Waals surface area (Å²) in [6, 6.07) is -6.05. The molecule has 1 fully saturated rings. The van der Waals surface area contributed by atoms with Gasteiger partial charge in [0.05, 0.1) is 19.2 Å². The monoisotopic (exact) mass is 1940 g/mol. The number of likely N-dealkylation sites (tertiary alicyclic amines) is 1. The van der Waals surface area contributed by atoms with Crippen molar-refractivity contribution in [3.63, 3.8) is 0 Å². The number of primary amides is 2. The van der Waals surface area contributed by atoms with Crippen LogP contribution in [-0.4, -0.2) is 282 Å². The molecule has 0 bridgehead atoms. The van der Waals surface area contributed by atoms with Gasteiger partial charge in [0, 0.05) is 32.7 Å². The van der Waals surface area contributed by atoms with Gasteiger partial charge in [0.2, 0.25) is 130 Å². The third-order valence-electron chi connectivity index (χ3n) is 22.1. The number of hydrogen-bond donors (Lipinski definition) is 23. The first-order valence-electron chi connectivity index (χ1n) is 45.3. The molecule has 768 valence electrons. The number of nitrogens with zero attached hydrogens (tertiary/aromatic N) is 1. The van der Waals surface area contributed by atoms with Crippen LogP contribution < -0.4 is 112 Å². The van der Waals surface area contributed by atoms with Crippen LogP contribution in [0.15, 0.2) is 30.3 Å². The van der Waals surface area contributed by atoms with E-state index in [0.717, 1.165) is 5.56 Å². The number of rotatable bonds is 54. The summed E-state index contributed by atoms with van der Waals surface area (Å²) in [7, 11) is 0. The summed E-state index contributed by atoms with van der Waals surface area (Å²) in [4.78, 5) is 312. The number of nitrogens with one attached hydrogen (secondary N) is 19. The molecule has 0 saturated carbocycles. The quantitative estimate of drug-likeness (QED) is 0.0291. The molecule has 1 saturated heterocycles. The second kappa shape index (κ2) is 51.2. The Balaban J connectivity index is 2.17. The van der Waals surface area contributed by atoms with Crippen LogP contribution in [0.5, 0.6) is 0 Å². The van der Waals surface area contributed by atoms with E-state index in [9.17, 15) is 120 Å². The lowest BCUT2D eigenvalue weighted by Gasteiger charge is -2.36. The van der Waals surface area contributed by atoms with E-state index in [1.165, 1.54) is 143 Å². The summed E-state index contributed by atoms with van der Waals surface area (Å²) < 4.78 is 0. The molecular formula is C90H148N22O25. The van der Waals surface area contributed by atoms with E-state index in [4.69, 9.17) is 11.5 Å². The number of carbonyl (C=O) groups excluding carboxylic acids is 22. The Morgan fingerprint density at radius 1 is 0.387 bits per heavy atom. The van der Waals surface area contributed by atoms with Gasteiger partial charge in [-0.1, -0.05) is 71.9 Å². The molecule has 0 aliphatic carbocycles. The standard InChI is InChI=1S/C90H148N22O25/c1-45(2)41-57(71(126)108-90(25,26)82(137)112-40-30-33-58(112)72(127)102-63(46(3)4)73(128)110-89(23,24)81(136)111-88(21,22)79(134)101-55(36-39-62(118)119)69(124)100-54(34-37-59(91)115)68(123)97-53(44-113)42-52-31-28-27-29-32-52)98-61(117)43-93-75(130)83(11,12)109-74(129)64(47(5)6)103-80(135)87(19,20)107-70(125)56(35-38-60(92)116)99-65(120)48(7)94-77(132)85(15,16)105-67(122)50(9)96-78(133)86(17,18)106-66(121)49(8)95-76(131)84(13,14)104-51(10)114/h27-29,31-32,45-50,53-58,63-64,113H,30,33-44H2,1-26H3,(H2,91,115)(H2,92,116)(H,93,130)(H,94,132)(H,95,131)(H,96,133)(H,97,123)(H,98,117)(H,99,120)(H,100,124)(H,101,134)(H,102,127)(H,103,135)(H,104,114)(H,105,122)(H,106,121)(H,107,125)(H,108,126)(H,109,129)(H,110,128)(H,111,136)(H,118,119)/t48-,49-,50-,53-,54-,55-,56-,57-,58-,63-,64-/m0/s1. The highest BCUT2D eigenvalue weighted by Gasteiger charge is 2.48. The molecule has 47 heteroatoms. The van der Waals surface area contributed by atoms with Crippen LogP contribution in [0, 0.1) is 17.8 Å². The third kappa shape index (κ3) is 39.0. The van der Waals surface area contributed by atoms with Crippen LogP contribution >= 0.6 is 0 Å². The average Bonchev–Trinajstić information content (AvgIpc) is 1.77. The topological polar surface area (TPSA) is 717 Å². The second-order valence-corrected chi connectivity index (χ2v) is 39.8. The lowest BCUT2D eigenvalue weighted by molar-refractivity contribution is -0.146. The minimum atomic E-state index is -1.92. The molecule has 1 aliphatic heterocycles. The van der Waals surface area contributed by atoms with Gasteiger partial charge in [0.15, 0.2) is 0 Å². The Bertz CT molecular complexity index is 4600. The van der Waals surface area contributed by atoms with Crippen molar-refractivity contribution >= 4 is 136 Å². The van der Waals surface area contributed by atoms with E-state index in [0.29, 0.717) is 6.42 Å². The average molecular weight is 1940 g/mol. The number of nitrogens with two attached hydrogens (primary N) is 2. The zero-order valence-corrected chi connectivity index (χ0v) is 83.5. The van der Waals surface area contributed by atoms with Gasteiger partial charge in [-0.25, -0.2) is 0 Å². The fourth-order valence-corrected chi connectivity index (χ4v) is 13.6. The number of hydrogen-bond acceptors (Lipinski definition) is 24. The molecule has 22 amide bonds. The first-order valence-corrected chi connectivity index (χ1v) is 45.3. The van der Waals surface area contributed by atoms with Crippen molar-refractivity contribution in [1.29, 1.82) is 0 Å². The van der Waals surface area contributed by atoms with Gasteiger partial charge in [0.1, 0.15) is 105 Å². The number of aliphatic carboxylic acids is 1. The first kappa shape index (κ1) is 120. The second-order valence-electron chi connectivity index (χ2n) is 39.8. The molecule has 11 atom stereocenters.